The Balaban J connectivity index is 0.000000177. The van der Waals surface area contributed by atoms with Crippen molar-refractivity contribution in [1.29, 1.82) is 0 Å². The van der Waals surface area contributed by atoms with Gasteiger partial charge in [0.15, 0.2) is 0 Å². The molecule has 0 aromatic heterocycles. The highest BCUT2D eigenvalue weighted by atomic mass is 16.5. The molecule has 4 heteroatoms. The van der Waals surface area contributed by atoms with Crippen LogP contribution in [0.2, 0.25) is 0 Å². The number of hydrogen-bond acceptors (Lipinski definition) is 4. The number of allylic oxidation sites excluding steroid dienone is 3. The molecular weight excluding hydrogens is 472 g/mol. The largest absolute Gasteiger partial charge is 0.461 e. The van der Waals surface area contributed by atoms with Crippen molar-refractivity contribution in [2.45, 2.75) is 106 Å². The van der Waals surface area contributed by atoms with Crippen molar-refractivity contribution in [2.75, 3.05) is 13.2 Å². The molecular formula is C34H52O4. The van der Waals surface area contributed by atoms with Crippen LogP contribution < -0.4 is 0 Å². The molecule has 6 fully saturated rings. The van der Waals surface area contributed by atoms with Gasteiger partial charge >= 0.3 is 11.9 Å². The molecule has 6 atom stereocenters. The third-order valence-corrected chi connectivity index (χ3v) is 12.0. The molecule has 0 amide bonds. The lowest BCUT2D eigenvalue weighted by molar-refractivity contribution is -0.140. The molecule has 6 saturated carbocycles. The van der Waals surface area contributed by atoms with Gasteiger partial charge in [-0.1, -0.05) is 45.1 Å². The molecule has 0 aromatic rings. The first kappa shape index (κ1) is 29.2. The lowest BCUT2D eigenvalue weighted by atomic mass is 9.69. The predicted molar refractivity (Wildman–Crippen MR) is 153 cm³/mol. The Morgan fingerprint density at radius 3 is 1.76 bits per heavy atom. The maximum absolute atomic E-state index is 10.8. The summed E-state index contributed by atoms with van der Waals surface area (Å²) in [7, 11) is 0. The number of carbonyl (C=O) groups excluding carboxylic acids is 2. The molecule has 0 aromatic carbocycles. The van der Waals surface area contributed by atoms with Gasteiger partial charge in [0, 0.05) is 13.8 Å². The van der Waals surface area contributed by atoms with E-state index < -0.39 is 0 Å². The molecule has 38 heavy (non-hydrogen) atoms. The van der Waals surface area contributed by atoms with Gasteiger partial charge in [0.1, 0.15) is 13.2 Å². The van der Waals surface area contributed by atoms with Crippen molar-refractivity contribution in [3.63, 3.8) is 0 Å². The topological polar surface area (TPSA) is 52.6 Å². The van der Waals surface area contributed by atoms with Crippen LogP contribution in [-0.2, 0) is 19.1 Å². The van der Waals surface area contributed by atoms with Gasteiger partial charge in [0.25, 0.3) is 0 Å². The summed E-state index contributed by atoms with van der Waals surface area (Å²) in [6.45, 7) is 19.7. The molecule has 6 rings (SSSR count). The molecule has 0 heterocycles. The summed E-state index contributed by atoms with van der Waals surface area (Å²) in [4.78, 5) is 21.5. The van der Waals surface area contributed by atoms with E-state index in [0.717, 1.165) is 48.0 Å². The zero-order valence-electron chi connectivity index (χ0n) is 25.2. The Hall–Kier alpha value is -1.84. The van der Waals surface area contributed by atoms with E-state index in [-0.39, 0.29) is 11.9 Å². The standard InChI is InChI=1S/2C17H26O2/c1-11(10-19-12(2)18)6-5-7-16(3)13-8-14-15(9-13)17(14,16)4;1-12(11-19-14(3)18)6-5-9-17(4)13(2)15-7-8-16(17)10-15/h6,13-15H,5,7-10H2,1-4H3;6,15-16H,2,5,7-11H2,1,3-4H3. The highest BCUT2D eigenvalue weighted by Crippen LogP contribution is 2.87. The minimum Gasteiger partial charge on any atom is -0.461 e. The summed E-state index contributed by atoms with van der Waals surface area (Å²) in [6.07, 6.45) is 16.3. The van der Waals surface area contributed by atoms with E-state index in [4.69, 9.17) is 9.47 Å². The molecule has 0 saturated heterocycles. The van der Waals surface area contributed by atoms with Crippen LogP contribution in [0.1, 0.15) is 106 Å². The minimum absolute atomic E-state index is 0.190. The van der Waals surface area contributed by atoms with Crippen LogP contribution in [0.15, 0.2) is 35.5 Å². The first-order valence-electron chi connectivity index (χ1n) is 15.1. The summed E-state index contributed by atoms with van der Waals surface area (Å²) in [5, 5.41) is 0. The monoisotopic (exact) mass is 524 g/mol. The average molecular weight is 525 g/mol. The maximum atomic E-state index is 10.8. The fourth-order valence-electron chi connectivity index (χ4n) is 9.26. The Kier molecular flexibility index (Phi) is 8.41. The van der Waals surface area contributed by atoms with Crippen molar-refractivity contribution < 1.29 is 19.1 Å². The molecule has 6 bridgehead atoms. The summed E-state index contributed by atoms with van der Waals surface area (Å²) in [5.41, 5.74) is 5.40. The van der Waals surface area contributed by atoms with Gasteiger partial charge in [0.2, 0.25) is 0 Å². The molecule has 0 N–H and O–H groups in total. The van der Waals surface area contributed by atoms with Crippen molar-refractivity contribution in [3.05, 3.63) is 35.5 Å². The first-order valence-corrected chi connectivity index (χ1v) is 15.1. The van der Waals surface area contributed by atoms with Gasteiger partial charge in [-0.15, -0.1) is 0 Å². The molecule has 4 nitrogen and oxygen atoms in total. The maximum Gasteiger partial charge on any atom is 0.302 e. The summed E-state index contributed by atoms with van der Waals surface area (Å²) >= 11 is 0. The van der Waals surface area contributed by atoms with Gasteiger partial charge in [-0.25, -0.2) is 0 Å². The molecule has 0 radical (unpaired) electrons. The van der Waals surface area contributed by atoms with E-state index in [1.807, 2.05) is 6.92 Å². The Morgan fingerprint density at radius 1 is 0.816 bits per heavy atom. The number of ether oxygens (including phenoxy) is 2. The normalized spacial score (nSPS) is 40.2. The van der Waals surface area contributed by atoms with Crippen molar-refractivity contribution in [3.8, 4) is 0 Å². The quantitative estimate of drug-likeness (QED) is 0.213. The molecule has 6 aliphatic rings. The highest BCUT2D eigenvalue weighted by Gasteiger charge is 2.80. The van der Waals surface area contributed by atoms with Crippen LogP contribution in [-0.4, -0.2) is 25.2 Å². The first-order chi connectivity index (χ1) is 17.8. The third-order valence-electron chi connectivity index (χ3n) is 12.0. The molecule has 212 valence electrons. The SMILES string of the molecule is C=C1C2CCC(C2)C1(C)CCC=C(C)COC(C)=O.CC(=O)OCC(C)=CCCC1(C)C2CC3C(C2)C31C. The van der Waals surface area contributed by atoms with Crippen molar-refractivity contribution >= 4 is 11.9 Å². The number of fused-ring (bicyclic) bond motifs is 2. The highest BCUT2D eigenvalue weighted by molar-refractivity contribution is 5.66. The van der Waals surface area contributed by atoms with E-state index in [1.54, 1.807) is 0 Å². The van der Waals surface area contributed by atoms with E-state index in [1.165, 1.54) is 69.9 Å². The van der Waals surface area contributed by atoms with Gasteiger partial charge in [-0.2, -0.15) is 0 Å². The lowest BCUT2D eigenvalue weighted by Gasteiger charge is -2.36. The Morgan fingerprint density at radius 2 is 1.34 bits per heavy atom. The summed E-state index contributed by atoms with van der Waals surface area (Å²) in [5.74, 6) is 4.33. The number of rotatable bonds is 10. The predicted octanol–water partition coefficient (Wildman–Crippen LogP) is 8.23. The van der Waals surface area contributed by atoms with Gasteiger partial charge in [-0.05, 0) is 129 Å². The van der Waals surface area contributed by atoms with E-state index in [2.05, 4.69) is 46.4 Å². The van der Waals surface area contributed by atoms with Gasteiger partial charge in [0.05, 0.1) is 0 Å². The molecule has 6 aliphatic carbocycles. The van der Waals surface area contributed by atoms with Crippen molar-refractivity contribution in [2.24, 2.45) is 45.8 Å². The minimum atomic E-state index is -0.207. The molecule has 0 spiro atoms. The summed E-state index contributed by atoms with van der Waals surface area (Å²) < 4.78 is 10.0. The lowest BCUT2D eigenvalue weighted by Crippen LogP contribution is -2.26. The smallest absolute Gasteiger partial charge is 0.302 e. The van der Waals surface area contributed by atoms with E-state index in [9.17, 15) is 9.59 Å². The second-order valence-electron chi connectivity index (χ2n) is 14.0. The van der Waals surface area contributed by atoms with Crippen LogP contribution in [0.4, 0.5) is 0 Å². The van der Waals surface area contributed by atoms with Gasteiger partial charge < -0.3 is 9.47 Å². The second kappa shape index (κ2) is 11.0. The van der Waals surface area contributed by atoms with Crippen LogP contribution >= 0.6 is 0 Å². The zero-order chi connectivity index (χ0) is 27.9. The number of hydrogen-bond donors (Lipinski definition) is 0. The second-order valence-corrected chi connectivity index (χ2v) is 14.0. The number of carbonyl (C=O) groups is 2. The Bertz CT molecular complexity index is 992. The molecule has 0 aliphatic heterocycles. The van der Waals surface area contributed by atoms with Crippen LogP contribution in [0.5, 0.6) is 0 Å². The van der Waals surface area contributed by atoms with Gasteiger partial charge in [-0.3, -0.25) is 9.59 Å². The van der Waals surface area contributed by atoms with Crippen LogP contribution in [0.3, 0.4) is 0 Å². The van der Waals surface area contributed by atoms with E-state index >= 15 is 0 Å². The third kappa shape index (κ3) is 5.30. The van der Waals surface area contributed by atoms with Crippen LogP contribution in [0, 0.1) is 45.8 Å². The zero-order valence-corrected chi connectivity index (χ0v) is 25.2. The van der Waals surface area contributed by atoms with Crippen LogP contribution in [0.25, 0.3) is 0 Å². The molecule has 6 unspecified atom stereocenters. The van der Waals surface area contributed by atoms with E-state index in [0.29, 0.717) is 29.5 Å². The van der Waals surface area contributed by atoms with Crippen molar-refractivity contribution in [1.82, 2.24) is 0 Å². The average Bonchev–Trinajstić information content (AvgIpc) is 3.43. The fraction of sp³-hybridized carbons (Fsp3) is 0.765. The summed E-state index contributed by atoms with van der Waals surface area (Å²) in [6, 6.07) is 0. The fourth-order valence-corrected chi connectivity index (χ4v) is 9.26. The Labute approximate surface area is 231 Å². The number of esters is 2.